The summed E-state index contributed by atoms with van der Waals surface area (Å²) in [6, 6.07) is 8.39. The van der Waals surface area contributed by atoms with E-state index in [1.54, 1.807) is 12.1 Å². The van der Waals surface area contributed by atoms with Gasteiger partial charge in [0, 0.05) is 23.6 Å². The van der Waals surface area contributed by atoms with Gasteiger partial charge < -0.3 is 10.3 Å². The Morgan fingerprint density at radius 3 is 3.14 bits per heavy atom. The first-order valence-electron chi connectivity index (χ1n) is 6.84. The van der Waals surface area contributed by atoms with Crippen LogP contribution in [0.3, 0.4) is 0 Å². The van der Waals surface area contributed by atoms with E-state index >= 15 is 0 Å². The van der Waals surface area contributed by atoms with Crippen molar-refractivity contribution in [3.05, 3.63) is 47.9 Å². The van der Waals surface area contributed by atoms with E-state index in [-0.39, 0.29) is 5.82 Å². The lowest BCUT2D eigenvalue weighted by molar-refractivity contribution is 0.629. The van der Waals surface area contributed by atoms with Gasteiger partial charge in [0.1, 0.15) is 11.6 Å². The minimum absolute atomic E-state index is 0.238. The lowest BCUT2D eigenvalue weighted by atomic mass is 10.1. The monoisotopic (exact) mass is 297 g/mol. The average Bonchev–Trinajstić information content (AvgIpc) is 3.13. The van der Waals surface area contributed by atoms with Gasteiger partial charge in [-0.25, -0.2) is 4.39 Å². The minimum Gasteiger partial charge on any atom is -0.368 e. The summed E-state index contributed by atoms with van der Waals surface area (Å²) < 4.78 is 14.5. The summed E-state index contributed by atoms with van der Waals surface area (Å²) in [5, 5.41) is 19.6. The van der Waals surface area contributed by atoms with Crippen molar-refractivity contribution in [3.63, 3.8) is 0 Å². The van der Waals surface area contributed by atoms with Gasteiger partial charge in [-0.3, -0.25) is 0 Å². The molecule has 1 aromatic carbocycles. The van der Waals surface area contributed by atoms with Crippen LogP contribution < -0.4 is 5.32 Å². The van der Waals surface area contributed by atoms with Crippen molar-refractivity contribution in [2.24, 2.45) is 0 Å². The molecule has 0 saturated heterocycles. The molecular formula is C14H12FN7. The number of anilines is 1. The minimum atomic E-state index is -0.238. The number of hydrogen-bond acceptors (Lipinski definition) is 5. The van der Waals surface area contributed by atoms with Gasteiger partial charge in [-0.2, -0.15) is 0 Å². The topological polar surface area (TPSA) is 83.8 Å². The van der Waals surface area contributed by atoms with Crippen LogP contribution in [0, 0.1) is 5.82 Å². The van der Waals surface area contributed by atoms with Gasteiger partial charge in [-0.15, -0.1) is 14.8 Å². The zero-order valence-electron chi connectivity index (χ0n) is 11.5. The molecule has 0 atom stereocenters. The number of benzene rings is 1. The van der Waals surface area contributed by atoms with E-state index in [0.29, 0.717) is 18.0 Å². The van der Waals surface area contributed by atoms with Crippen LogP contribution in [0.5, 0.6) is 0 Å². The largest absolute Gasteiger partial charge is 0.368 e. The van der Waals surface area contributed by atoms with Gasteiger partial charge in [0.15, 0.2) is 5.65 Å². The highest BCUT2D eigenvalue weighted by atomic mass is 19.1. The van der Waals surface area contributed by atoms with Gasteiger partial charge in [0.2, 0.25) is 0 Å². The van der Waals surface area contributed by atoms with Gasteiger partial charge in [0.05, 0.1) is 0 Å². The van der Waals surface area contributed by atoms with E-state index in [4.69, 9.17) is 0 Å². The second-order valence-corrected chi connectivity index (χ2v) is 4.93. The third kappa shape index (κ3) is 2.24. The first-order valence-corrected chi connectivity index (χ1v) is 6.84. The van der Waals surface area contributed by atoms with Crippen molar-refractivity contribution in [1.29, 1.82) is 0 Å². The Balaban J connectivity index is 1.47. The molecule has 0 radical (unpaired) electrons. The quantitative estimate of drug-likeness (QED) is 0.600. The van der Waals surface area contributed by atoms with Crippen molar-refractivity contribution in [1.82, 2.24) is 30.2 Å². The summed E-state index contributed by atoms with van der Waals surface area (Å²) >= 11 is 0. The number of hydrogen-bond donors (Lipinski definition) is 2. The molecule has 0 aliphatic rings. The lowest BCUT2D eigenvalue weighted by Gasteiger charge is -2.04. The van der Waals surface area contributed by atoms with Crippen LogP contribution in [0.4, 0.5) is 10.2 Å². The smallest absolute Gasteiger partial charge is 0.200 e. The summed E-state index contributed by atoms with van der Waals surface area (Å²) in [4.78, 5) is 3.08. The number of nitrogens with zero attached hydrogens (tertiary/aromatic N) is 5. The zero-order chi connectivity index (χ0) is 14.9. The maximum absolute atomic E-state index is 13.2. The molecule has 7 nitrogen and oxygen atoms in total. The third-order valence-electron chi connectivity index (χ3n) is 3.50. The molecule has 2 N–H and O–H groups in total. The molecule has 3 aromatic heterocycles. The Labute approximate surface area is 124 Å². The maximum atomic E-state index is 13.2. The van der Waals surface area contributed by atoms with Crippen LogP contribution in [0.25, 0.3) is 16.6 Å². The summed E-state index contributed by atoms with van der Waals surface area (Å²) in [7, 11) is 0. The van der Waals surface area contributed by atoms with Crippen molar-refractivity contribution < 1.29 is 4.39 Å². The van der Waals surface area contributed by atoms with Crippen LogP contribution >= 0.6 is 0 Å². The first-order chi connectivity index (χ1) is 10.8. The fourth-order valence-electron chi connectivity index (χ4n) is 2.43. The van der Waals surface area contributed by atoms with E-state index in [1.807, 2.05) is 12.3 Å². The van der Waals surface area contributed by atoms with E-state index in [9.17, 15) is 4.39 Å². The molecule has 0 spiro atoms. The highest BCUT2D eigenvalue weighted by Crippen LogP contribution is 2.19. The van der Waals surface area contributed by atoms with E-state index in [2.05, 4.69) is 30.9 Å². The Hall–Kier alpha value is -3.03. The fourth-order valence-corrected chi connectivity index (χ4v) is 2.43. The molecule has 0 bridgehead atoms. The number of aromatic amines is 1. The van der Waals surface area contributed by atoms with Crippen LogP contribution in [0.2, 0.25) is 0 Å². The zero-order valence-corrected chi connectivity index (χ0v) is 11.5. The lowest BCUT2D eigenvalue weighted by Crippen LogP contribution is -2.08. The van der Waals surface area contributed by atoms with Crippen LogP contribution in [0.1, 0.15) is 5.56 Å². The summed E-state index contributed by atoms with van der Waals surface area (Å²) in [6.45, 7) is 0.699. The second kappa shape index (κ2) is 5.06. The number of rotatable bonds is 4. The van der Waals surface area contributed by atoms with E-state index in [0.717, 1.165) is 22.9 Å². The molecule has 0 unspecified atom stereocenters. The summed E-state index contributed by atoms with van der Waals surface area (Å²) in [5.41, 5.74) is 2.54. The Morgan fingerprint density at radius 1 is 1.23 bits per heavy atom. The Morgan fingerprint density at radius 2 is 2.18 bits per heavy atom. The molecule has 8 heteroatoms. The second-order valence-electron chi connectivity index (χ2n) is 4.93. The van der Waals surface area contributed by atoms with E-state index < -0.39 is 0 Å². The molecule has 0 saturated carbocycles. The van der Waals surface area contributed by atoms with Gasteiger partial charge in [-0.1, -0.05) is 0 Å². The first kappa shape index (κ1) is 12.7. The number of aromatic nitrogens is 6. The number of halogens is 1. The van der Waals surface area contributed by atoms with Gasteiger partial charge >= 0.3 is 0 Å². The number of nitrogens with one attached hydrogen (secondary N) is 2. The SMILES string of the molecule is Fc1ccc2c(CCNc3ccc4nnnn4n3)c[nH]c2c1. The molecule has 0 fully saturated rings. The highest BCUT2D eigenvalue weighted by molar-refractivity contribution is 5.83. The fraction of sp³-hybridized carbons (Fsp3) is 0.143. The number of tetrazole rings is 1. The average molecular weight is 297 g/mol. The standard InChI is InChI=1S/C14H12FN7/c15-10-1-2-11-9(8-17-12(11)7-10)5-6-16-13-3-4-14-18-20-21-22(14)19-13/h1-4,7-8,17H,5-6H2,(H,16,19). The molecule has 3 heterocycles. The maximum Gasteiger partial charge on any atom is 0.200 e. The molecule has 110 valence electrons. The van der Waals surface area contributed by atoms with Crippen LogP contribution in [-0.2, 0) is 6.42 Å². The highest BCUT2D eigenvalue weighted by Gasteiger charge is 2.05. The van der Waals surface area contributed by atoms with Crippen LogP contribution in [-0.4, -0.2) is 36.8 Å². The normalized spacial score (nSPS) is 11.3. The van der Waals surface area contributed by atoms with E-state index in [1.165, 1.54) is 16.8 Å². The summed E-state index contributed by atoms with van der Waals surface area (Å²) in [6.07, 6.45) is 2.70. The van der Waals surface area contributed by atoms with Crippen molar-refractivity contribution in [3.8, 4) is 0 Å². The molecule has 0 aliphatic carbocycles. The molecule has 0 amide bonds. The van der Waals surface area contributed by atoms with Crippen molar-refractivity contribution >= 4 is 22.4 Å². The molecular weight excluding hydrogens is 285 g/mol. The Bertz CT molecular complexity index is 943. The third-order valence-corrected chi connectivity index (χ3v) is 3.50. The molecule has 22 heavy (non-hydrogen) atoms. The molecule has 4 aromatic rings. The molecule has 0 aliphatic heterocycles. The number of H-pyrrole nitrogens is 1. The predicted molar refractivity (Wildman–Crippen MR) is 79.0 cm³/mol. The van der Waals surface area contributed by atoms with Crippen molar-refractivity contribution in [2.45, 2.75) is 6.42 Å². The van der Waals surface area contributed by atoms with Crippen molar-refractivity contribution in [2.75, 3.05) is 11.9 Å². The molecule has 4 rings (SSSR count). The summed E-state index contributed by atoms with van der Waals surface area (Å²) in [5.74, 6) is 0.462. The number of fused-ring (bicyclic) bond motifs is 2. The van der Waals surface area contributed by atoms with Gasteiger partial charge in [0.25, 0.3) is 0 Å². The predicted octanol–water partition coefficient (Wildman–Crippen LogP) is 1.79. The van der Waals surface area contributed by atoms with Gasteiger partial charge in [-0.05, 0) is 52.7 Å². The van der Waals surface area contributed by atoms with Crippen LogP contribution in [0.15, 0.2) is 36.5 Å². The Kier molecular flexibility index (Phi) is 2.92.